The smallest absolute Gasteiger partial charge is 0.387 e. The van der Waals surface area contributed by atoms with Crippen LogP contribution in [0.15, 0.2) is 48.5 Å². The molecular formula is C18H16F2O3. The summed E-state index contributed by atoms with van der Waals surface area (Å²) in [5, 5.41) is 0. The molecule has 2 rings (SSSR count). The molecule has 5 heteroatoms. The van der Waals surface area contributed by atoms with Crippen LogP contribution in [0.2, 0.25) is 0 Å². The van der Waals surface area contributed by atoms with Crippen molar-refractivity contribution < 1.29 is 23.0 Å². The third-order valence-electron chi connectivity index (χ3n) is 3.13. The number of ether oxygens (including phenoxy) is 2. The van der Waals surface area contributed by atoms with Gasteiger partial charge in [-0.05, 0) is 36.8 Å². The third kappa shape index (κ3) is 4.64. The number of methoxy groups -OCH3 is 1. The highest BCUT2D eigenvalue weighted by atomic mass is 19.3. The zero-order valence-electron chi connectivity index (χ0n) is 12.8. The molecule has 120 valence electrons. The second kappa shape index (κ2) is 7.54. The Morgan fingerprint density at radius 3 is 2.57 bits per heavy atom. The number of allylic oxidation sites excluding steroid dienone is 1. The number of hydrogen-bond acceptors (Lipinski definition) is 3. The number of alkyl halides is 2. The van der Waals surface area contributed by atoms with Crippen LogP contribution in [0.25, 0.3) is 6.08 Å². The molecule has 2 aromatic carbocycles. The molecule has 0 aliphatic carbocycles. The lowest BCUT2D eigenvalue weighted by molar-refractivity contribution is -0.0512. The van der Waals surface area contributed by atoms with Crippen molar-refractivity contribution in [3.63, 3.8) is 0 Å². The highest BCUT2D eigenvalue weighted by Gasteiger charge is 2.13. The van der Waals surface area contributed by atoms with Crippen molar-refractivity contribution in [2.75, 3.05) is 7.11 Å². The van der Waals surface area contributed by atoms with Gasteiger partial charge in [-0.3, -0.25) is 4.79 Å². The Bertz CT molecular complexity index is 724. The normalized spacial score (nSPS) is 11.0. The zero-order valence-corrected chi connectivity index (χ0v) is 12.8. The quantitative estimate of drug-likeness (QED) is 0.581. The first kappa shape index (κ1) is 16.7. The van der Waals surface area contributed by atoms with Crippen LogP contribution < -0.4 is 9.47 Å². The Morgan fingerprint density at radius 1 is 1.13 bits per heavy atom. The van der Waals surface area contributed by atoms with Gasteiger partial charge in [0.25, 0.3) is 0 Å². The van der Waals surface area contributed by atoms with Crippen LogP contribution >= 0.6 is 0 Å². The van der Waals surface area contributed by atoms with E-state index in [0.29, 0.717) is 5.56 Å². The average molecular weight is 318 g/mol. The number of ketones is 1. The lowest BCUT2D eigenvalue weighted by atomic mass is 10.1. The first-order valence-corrected chi connectivity index (χ1v) is 6.91. The summed E-state index contributed by atoms with van der Waals surface area (Å²) < 4.78 is 33.9. The largest absolute Gasteiger partial charge is 0.493 e. The van der Waals surface area contributed by atoms with Crippen molar-refractivity contribution in [2.24, 2.45) is 0 Å². The molecule has 0 bridgehead atoms. The molecule has 0 heterocycles. The van der Waals surface area contributed by atoms with Gasteiger partial charge in [-0.25, -0.2) is 0 Å². The van der Waals surface area contributed by atoms with Crippen LogP contribution in [0.1, 0.15) is 21.5 Å². The van der Waals surface area contributed by atoms with E-state index >= 15 is 0 Å². The molecule has 0 radical (unpaired) electrons. The number of carbonyl (C=O) groups excluding carboxylic acids is 1. The summed E-state index contributed by atoms with van der Waals surface area (Å²) in [4.78, 5) is 12.2. The van der Waals surface area contributed by atoms with Crippen molar-refractivity contribution in [2.45, 2.75) is 13.5 Å². The van der Waals surface area contributed by atoms with Gasteiger partial charge in [-0.15, -0.1) is 0 Å². The van der Waals surface area contributed by atoms with Gasteiger partial charge in [-0.1, -0.05) is 35.9 Å². The monoisotopic (exact) mass is 318 g/mol. The molecule has 3 nitrogen and oxygen atoms in total. The SMILES string of the molecule is COc1cc(C(=O)C=Cc2cccc(C)c2)ccc1OC(F)F. The minimum atomic E-state index is -2.95. The fourth-order valence-corrected chi connectivity index (χ4v) is 2.06. The molecule has 23 heavy (non-hydrogen) atoms. The van der Waals surface area contributed by atoms with Crippen molar-refractivity contribution in [1.82, 2.24) is 0 Å². The van der Waals surface area contributed by atoms with E-state index in [1.807, 2.05) is 31.2 Å². The van der Waals surface area contributed by atoms with E-state index in [1.165, 1.54) is 31.4 Å². The van der Waals surface area contributed by atoms with Crippen LogP contribution in [0, 0.1) is 6.92 Å². The third-order valence-corrected chi connectivity index (χ3v) is 3.13. The maximum Gasteiger partial charge on any atom is 0.387 e. The summed E-state index contributed by atoms with van der Waals surface area (Å²) in [5.74, 6) is -0.282. The van der Waals surface area contributed by atoms with Crippen molar-refractivity contribution >= 4 is 11.9 Å². The summed E-state index contributed by atoms with van der Waals surface area (Å²) in [7, 11) is 1.32. The summed E-state index contributed by atoms with van der Waals surface area (Å²) >= 11 is 0. The highest BCUT2D eigenvalue weighted by molar-refractivity contribution is 6.07. The minimum absolute atomic E-state index is 0.0834. The minimum Gasteiger partial charge on any atom is -0.493 e. The van der Waals surface area contributed by atoms with Gasteiger partial charge in [0.15, 0.2) is 17.3 Å². The molecule has 0 spiro atoms. The molecule has 2 aromatic rings. The van der Waals surface area contributed by atoms with Crippen LogP contribution in [0.3, 0.4) is 0 Å². The van der Waals surface area contributed by atoms with E-state index in [-0.39, 0.29) is 17.3 Å². The van der Waals surface area contributed by atoms with E-state index in [1.54, 1.807) is 6.08 Å². The fourth-order valence-electron chi connectivity index (χ4n) is 2.06. The van der Waals surface area contributed by atoms with Gasteiger partial charge >= 0.3 is 6.61 Å². The number of hydrogen-bond donors (Lipinski definition) is 0. The average Bonchev–Trinajstić information content (AvgIpc) is 2.52. The van der Waals surface area contributed by atoms with Gasteiger partial charge in [0.1, 0.15) is 0 Å². The Kier molecular flexibility index (Phi) is 5.46. The fraction of sp³-hybridized carbons (Fsp3) is 0.167. The van der Waals surface area contributed by atoms with Gasteiger partial charge < -0.3 is 9.47 Å². The summed E-state index contributed by atoms with van der Waals surface area (Å²) in [6.07, 6.45) is 3.13. The summed E-state index contributed by atoms with van der Waals surface area (Å²) in [6.45, 7) is -0.988. The number of carbonyl (C=O) groups is 1. The molecule has 0 amide bonds. The van der Waals surface area contributed by atoms with E-state index in [9.17, 15) is 13.6 Å². The topological polar surface area (TPSA) is 35.5 Å². The van der Waals surface area contributed by atoms with Crippen LogP contribution in [-0.2, 0) is 0 Å². The zero-order chi connectivity index (χ0) is 16.8. The predicted octanol–water partition coefficient (Wildman–Crippen LogP) is 4.50. The first-order valence-electron chi connectivity index (χ1n) is 6.91. The van der Waals surface area contributed by atoms with Crippen molar-refractivity contribution in [3.8, 4) is 11.5 Å². The number of halogens is 2. The molecular weight excluding hydrogens is 302 g/mol. The predicted molar refractivity (Wildman–Crippen MR) is 84.2 cm³/mol. The van der Waals surface area contributed by atoms with Gasteiger partial charge in [0, 0.05) is 5.56 Å². The Hall–Kier alpha value is -2.69. The number of aryl methyl sites for hydroxylation is 1. The van der Waals surface area contributed by atoms with Crippen LogP contribution in [0.5, 0.6) is 11.5 Å². The van der Waals surface area contributed by atoms with E-state index in [2.05, 4.69) is 4.74 Å². The molecule has 0 saturated carbocycles. The summed E-state index contributed by atoms with van der Waals surface area (Å²) in [6, 6.07) is 11.8. The van der Waals surface area contributed by atoms with Gasteiger partial charge in [0.2, 0.25) is 0 Å². The standard InChI is InChI=1S/C18H16F2O3/c1-12-4-3-5-13(10-12)6-8-15(21)14-7-9-16(23-18(19)20)17(11-14)22-2/h3-11,18H,1-2H3. The van der Waals surface area contributed by atoms with Crippen LogP contribution in [-0.4, -0.2) is 19.5 Å². The van der Waals surface area contributed by atoms with Crippen LogP contribution in [0.4, 0.5) is 8.78 Å². The Morgan fingerprint density at radius 2 is 1.91 bits per heavy atom. The van der Waals surface area contributed by atoms with Crippen molar-refractivity contribution in [1.29, 1.82) is 0 Å². The molecule has 0 saturated heterocycles. The maximum absolute atomic E-state index is 12.3. The molecule has 0 aromatic heterocycles. The van der Waals surface area contributed by atoms with Gasteiger partial charge in [-0.2, -0.15) is 8.78 Å². The molecule has 0 aliphatic heterocycles. The molecule has 0 aliphatic rings. The first-order chi connectivity index (χ1) is 11.0. The molecule has 0 N–H and O–H groups in total. The molecule has 0 atom stereocenters. The summed E-state index contributed by atoms with van der Waals surface area (Å²) in [5.41, 5.74) is 2.32. The second-order valence-electron chi connectivity index (χ2n) is 4.86. The molecule has 0 fully saturated rings. The highest BCUT2D eigenvalue weighted by Crippen LogP contribution is 2.29. The van der Waals surface area contributed by atoms with E-state index in [4.69, 9.17) is 4.74 Å². The maximum atomic E-state index is 12.3. The Balaban J connectivity index is 2.19. The molecule has 0 unspecified atom stereocenters. The lowest BCUT2D eigenvalue weighted by Crippen LogP contribution is -2.04. The van der Waals surface area contributed by atoms with Crippen molar-refractivity contribution in [3.05, 3.63) is 65.2 Å². The Labute approximate surface area is 133 Å². The second-order valence-corrected chi connectivity index (χ2v) is 4.86. The lowest BCUT2D eigenvalue weighted by Gasteiger charge is -2.10. The van der Waals surface area contributed by atoms with Gasteiger partial charge in [0.05, 0.1) is 7.11 Å². The number of rotatable bonds is 6. The van der Waals surface area contributed by atoms with E-state index < -0.39 is 6.61 Å². The van der Waals surface area contributed by atoms with E-state index in [0.717, 1.165) is 11.1 Å². The number of benzene rings is 2.